The third-order valence-electron chi connectivity index (χ3n) is 7.56. The van der Waals surface area contributed by atoms with Gasteiger partial charge in [-0.1, -0.05) is 11.6 Å². The van der Waals surface area contributed by atoms with Gasteiger partial charge in [0.1, 0.15) is 23.8 Å². The van der Waals surface area contributed by atoms with E-state index in [1.807, 2.05) is 20.8 Å². The quantitative estimate of drug-likeness (QED) is 0.267. The van der Waals surface area contributed by atoms with E-state index in [1.54, 1.807) is 28.0 Å². The van der Waals surface area contributed by atoms with Crippen molar-refractivity contribution in [2.24, 2.45) is 5.73 Å². The maximum absolute atomic E-state index is 12.9. The summed E-state index contributed by atoms with van der Waals surface area (Å²) < 4.78 is 18.6. The van der Waals surface area contributed by atoms with E-state index in [0.717, 1.165) is 0 Å². The zero-order valence-electron chi connectivity index (χ0n) is 26.0. The number of nitrogens with two attached hydrogens (primary N) is 1. The van der Waals surface area contributed by atoms with Gasteiger partial charge in [0.15, 0.2) is 35.9 Å². The Morgan fingerprint density at radius 1 is 1.13 bits per heavy atom. The maximum atomic E-state index is 12.9. The van der Waals surface area contributed by atoms with Crippen LogP contribution in [0.3, 0.4) is 0 Å². The predicted octanol–water partition coefficient (Wildman–Crippen LogP) is 0.882. The van der Waals surface area contributed by atoms with E-state index < -0.39 is 42.1 Å². The molecule has 0 aliphatic carbocycles. The molecule has 3 amide bonds. The van der Waals surface area contributed by atoms with Gasteiger partial charge in [0.2, 0.25) is 0 Å². The highest BCUT2D eigenvalue weighted by Gasteiger charge is 2.46. The number of aliphatic hydroxyl groups is 1. The van der Waals surface area contributed by atoms with Crippen LogP contribution in [0.15, 0.2) is 30.9 Å². The van der Waals surface area contributed by atoms with Crippen molar-refractivity contribution in [3.8, 4) is 5.75 Å². The number of piperazine rings is 1. The molecule has 248 valence electrons. The van der Waals surface area contributed by atoms with Crippen molar-refractivity contribution in [1.29, 1.82) is 0 Å². The summed E-state index contributed by atoms with van der Waals surface area (Å²) >= 11 is 6.28. The lowest BCUT2D eigenvalue weighted by Gasteiger charge is -2.35. The molecule has 0 saturated carbocycles. The Kier molecular flexibility index (Phi) is 9.81. The van der Waals surface area contributed by atoms with E-state index in [1.165, 1.54) is 24.3 Å². The number of anilines is 1. The number of hydrogen-bond acceptors (Lipinski definition) is 12. The number of aromatic nitrogens is 4. The number of benzene rings is 1. The monoisotopic (exact) mass is 659 g/mol. The van der Waals surface area contributed by atoms with E-state index in [9.17, 15) is 19.5 Å². The molecule has 16 nitrogen and oxygen atoms in total. The topological polar surface area (TPSA) is 199 Å². The fraction of sp³-hybridized carbons (Fsp3) is 0.517. The van der Waals surface area contributed by atoms with E-state index in [4.69, 9.17) is 31.5 Å². The molecule has 2 fully saturated rings. The second-order valence-corrected chi connectivity index (χ2v) is 12.4. The van der Waals surface area contributed by atoms with E-state index in [2.05, 4.69) is 25.6 Å². The van der Waals surface area contributed by atoms with Crippen LogP contribution in [-0.2, 0) is 25.6 Å². The van der Waals surface area contributed by atoms with Crippen molar-refractivity contribution in [1.82, 2.24) is 34.6 Å². The van der Waals surface area contributed by atoms with E-state index >= 15 is 0 Å². The molecule has 5 N–H and O–H groups in total. The van der Waals surface area contributed by atoms with Crippen molar-refractivity contribution in [3.05, 3.63) is 41.4 Å². The molecule has 2 saturated heterocycles. The summed E-state index contributed by atoms with van der Waals surface area (Å²) in [6.07, 6.45) is -0.854. The fourth-order valence-corrected chi connectivity index (χ4v) is 5.36. The molecule has 17 heteroatoms. The average Bonchev–Trinajstić information content (AvgIpc) is 3.58. The Labute approximate surface area is 270 Å². The summed E-state index contributed by atoms with van der Waals surface area (Å²) in [5.74, 6) is 0.173. The highest BCUT2D eigenvalue weighted by atomic mass is 35.5. The highest BCUT2D eigenvalue weighted by Crippen LogP contribution is 2.32. The second kappa shape index (κ2) is 13.6. The molecule has 4 unspecified atom stereocenters. The zero-order valence-corrected chi connectivity index (χ0v) is 26.7. The number of likely N-dealkylation sites (N-methyl/N-ethyl adjacent to an activating group) is 1. The van der Waals surface area contributed by atoms with Crippen molar-refractivity contribution < 1.29 is 33.7 Å². The first-order chi connectivity index (χ1) is 21.9. The number of amides is 3. The van der Waals surface area contributed by atoms with Crippen molar-refractivity contribution in [2.75, 3.05) is 45.2 Å². The van der Waals surface area contributed by atoms with Gasteiger partial charge in [0, 0.05) is 50.4 Å². The van der Waals surface area contributed by atoms with Crippen LogP contribution in [0.5, 0.6) is 5.75 Å². The van der Waals surface area contributed by atoms with Crippen molar-refractivity contribution in [3.63, 3.8) is 0 Å². The summed E-state index contributed by atoms with van der Waals surface area (Å²) in [5, 5.41) is 16.9. The van der Waals surface area contributed by atoms with Gasteiger partial charge in [-0.25, -0.2) is 19.7 Å². The lowest BCUT2D eigenvalue weighted by atomic mass is 10.1. The summed E-state index contributed by atoms with van der Waals surface area (Å²) in [6, 6.07) is 4.12. The van der Waals surface area contributed by atoms with Crippen LogP contribution < -0.4 is 21.1 Å². The zero-order chi connectivity index (χ0) is 33.2. The Morgan fingerprint density at radius 2 is 1.85 bits per heavy atom. The Morgan fingerprint density at radius 3 is 2.54 bits per heavy atom. The van der Waals surface area contributed by atoms with Gasteiger partial charge in [-0.2, -0.15) is 0 Å². The van der Waals surface area contributed by atoms with E-state index in [-0.39, 0.29) is 19.1 Å². The lowest BCUT2D eigenvalue weighted by molar-refractivity contribution is -0.135. The Hall–Kier alpha value is -4.25. The number of nitrogens with zero attached hydrogens (tertiary/aromatic N) is 6. The van der Waals surface area contributed by atoms with Crippen LogP contribution in [0.1, 0.15) is 32.6 Å². The van der Waals surface area contributed by atoms with E-state index in [0.29, 0.717) is 59.5 Å². The van der Waals surface area contributed by atoms with Gasteiger partial charge < -0.3 is 45.5 Å². The first kappa shape index (κ1) is 33.1. The van der Waals surface area contributed by atoms with Gasteiger partial charge >= 0.3 is 6.09 Å². The van der Waals surface area contributed by atoms with Crippen LogP contribution in [0.4, 0.5) is 10.6 Å². The maximum Gasteiger partial charge on any atom is 0.410 e. The summed E-state index contributed by atoms with van der Waals surface area (Å²) in [5.41, 5.74) is 6.86. The second-order valence-electron chi connectivity index (χ2n) is 11.9. The smallest absolute Gasteiger partial charge is 0.410 e. The molecule has 2 aliphatic heterocycles. The first-order valence-electron chi connectivity index (χ1n) is 14.8. The number of ether oxygens (including phenoxy) is 3. The molecule has 5 rings (SSSR count). The number of halogens is 1. The number of carbonyl (C=O) groups is 3. The minimum Gasteiger partial charge on any atom is -0.483 e. The molecular formula is C29H38ClN9O7. The highest BCUT2D eigenvalue weighted by molar-refractivity contribution is 6.30. The normalized spacial score (nSPS) is 21.7. The molecule has 3 aromatic rings. The molecule has 4 atom stereocenters. The average molecular weight is 660 g/mol. The molecular weight excluding hydrogens is 622 g/mol. The number of nitrogens with one attached hydrogen (secondary N) is 2. The van der Waals surface area contributed by atoms with Gasteiger partial charge in [-0.05, 0) is 39.0 Å². The van der Waals surface area contributed by atoms with Crippen LogP contribution in [-0.4, -0.2) is 116 Å². The molecule has 2 aliphatic rings. The molecule has 4 heterocycles. The summed E-state index contributed by atoms with van der Waals surface area (Å²) in [6.45, 7) is 6.92. The largest absolute Gasteiger partial charge is 0.483 e. The van der Waals surface area contributed by atoms with Gasteiger partial charge in [-0.15, -0.1) is 0 Å². The standard InChI is InChI=1S/C29H38ClN9O7/c1-29(2,3)46-28(43)38-9-7-37(8-10-38)19(40)13-44-18-6-5-17(30)11-16(18)12-33-24-21-25(35-14-34-24)39(15-36-21)27-22(41)20(31)23(45-27)26(42)32-4/h5-6,11,14-15,20,22-23,27,41H,7-10,12-13,31H2,1-4H3,(H,32,42)(H,33,34,35). The molecule has 2 aromatic heterocycles. The number of imidazole rings is 1. The lowest BCUT2D eigenvalue weighted by Crippen LogP contribution is -2.52. The number of hydrogen-bond donors (Lipinski definition) is 4. The minimum atomic E-state index is -1.19. The Bertz CT molecular complexity index is 1590. The van der Waals surface area contributed by atoms with Crippen molar-refractivity contribution in [2.45, 2.75) is 57.4 Å². The number of carbonyl (C=O) groups excluding carboxylic acids is 3. The molecule has 0 spiro atoms. The predicted molar refractivity (Wildman–Crippen MR) is 166 cm³/mol. The number of fused-ring (bicyclic) bond motifs is 1. The first-order valence-corrected chi connectivity index (χ1v) is 15.1. The molecule has 46 heavy (non-hydrogen) atoms. The third-order valence-corrected chi connectivity index (χ3v) is 7.80. The van der Waals surface area contributed by atoms with Gasteiger partial charge in [0.25, 0.3) is 11.8 Å². The minimum absolute atomic E-state index is 0.202. The molecule has 0 radical (unpaired) electrons. The third kappa shape index (κ3) is 7.25. The van der Waals surface area contributed by atoms with Crippen LogP contribution in [0.25, 0.3) is 11.2 Å². The number of rotatable bonds is 8. The molecule has 0 bridgehead atoms. The van der Waals surface area contributed by atoms with Crippen LogP contribution >= 0.6 is 11.6 Å². The number of aliphatic hydroxyl groups excluding tert-OH is 1. The van der Waals surface area contributed by atoms with Gasteiger partial charge in [-0.3, -0.25) is 14.2 Å². The van der Waals surface area contributed by atoms with Gasteiger partial charge in [0.05, 0.1) is 12.4 Å². The Balaban J connectivity index is 1.22. The van der Waals surface area contributed by atoms with Crippen molar-refractivity contribution >= 4 is 46.5 Å². The molecule has 1 aromatic carbocycles. The van der Waals surface area contributed by atoms with Crippen LogP contribution in [0.2, 0.25) is 5.02 Å². The summed E-state index contributed by atoms with van der Waals surface area (Å²) in [4.78, 5) is 53.7. The van der Waals surface area contributed by atoms with Crippen LogP contribution in [0, 0.1) is 0 Å². The SMILES string of the molecule is CNC(=O)C1OC(n2cnc3c(NCc4cc(Cl)ccc4OCC(=O)N4CCN(C(=O)OC(C)(C)C)CC4)ncnc32)C(O)C1N. The fourth-order valence-electron chi connectivity index (χ4n) is 5.17. The summed E-state index contributed by atoms with van der Waals surface area (Å²) in [7, 11) is 1.46.